The standard InChI is InChI=1S/C33H31Cl2N3O3/c1-22(2)31(37-32(39)30(24-11-5-3-6-12-24)25-13-7-4-8-14-25)33(40)38-36-20-26-19-28(35)16-17-29(26)41-21-23-10-9-15-27(34)18-23/h3-20,22,30-31H,21H2,1-2H3,(H,37,39)(H,38,40)/b36-20-/t31-/m1/s1. The predicted molar refractivity (Wildman–Crippen MR) is 164 cm³/mol. The van der Waals surface area contributed by atoms with Crippen molar-refractivity contribution in [1.29, 1.82) is 0 Å². The molecule has 2 amide bonds. The van der Waals surface area contributed by atoms with Gasteiger partial charge in [-0.3, -0.25) is 9.59 Å². The van der Waals surface area contributed by atoms with Gasteiger partial charge in [-0.25, -0.2) is 5.43 Å². The lowest BCUT2D eigenvalue weighted by Gasteiger charge is -2.24. The molecular weight excluding hydrogens is 557 g/mol. The highest BCUT2D eigenvalue weighted by Gasteiger charge is 2.29. The molecule has 0 aromatic heterocycles. The molecule has 8 heteroatoms. The van der Waals surface area contributed by atoms with Gasteiger partial charge in [-0.05, 0) is 52.9 Å². The quantitative estimate of drug-likeness (QED) is 0.146. The summed E-state index contributed by atoms with van der Waals surface area (Å²) in [5, 5.41) is 8.21. The Morgan fingerprint density at radius 1 is 0.805 bits per heavy atom. The molecule has 4 rings (SSSR count). The third kappa shape index (κ3) is 8.43. The average molecular weight is 589 g/mol. The van der Waals surface area contributed by atoms with Gasteiger partial charge in [0, 0.05) is 15.6 Å². The normalized spacial score (nSPS) is 12.0. The van der Waals surface area contributed by atoms with Crippen LogP contribution in [0.15, 0.2) is 108 Å². The van der Waals surface area contributed by atoms with E-state index < -0.39 is 17.9 Å². The number of hydrogen-bond acceptors (Lipinski definition) is 4. The van der Waals surface area contributed by atoms with Crippen molar-refractivity contribution in [1.82, 2.24) is 10.7 Å². The van der Waals surface area contributed by atoms with Crippen LogP contribution in [0.5, 0.6) is 5.75 Å². The van der Waals surface area contributed by atoms with Gasteiger partial charge in [-0.1, -0.05) is 110 Å². The molecule has 0 aliphatic heterocycles. The maximum Gasteiger partial charge on any atom is 0.262 e. The van der Waals surface area contributed by atoms with Crippen LogP contribution in [0.3, 0.4) is 0 Å². The molecule has 1 atom stereocenters. The van der Waals surface area contributed by atoms with Crippen molar-refractivity contribution in [2.24, 2.45) is 11.0 Å². The molecule has 0 heterocycles. The number of ether oxygens (including phenoxy) is 1. The number of hydrazone groups is 1. The van der Waals surface area contributed by atoms with E-state index in [1.165, 1.54) is 6.21 Å². The first-order chi connectivity index (χ1) is 19.8. The molecule has 0 spiro atoms. The second-order valence-electron chi connectivity index (χ2n) is 9.82. The molecule has 0 unspecified atom stereocenters. The largest absolute Gasteiger partial charge is 0.488 e. The van der Waals surface area contributed by atoms with Crippen molar-refractivity contribution in [3.05, 3.63) is 135 Å². The monoisotopic (exact) mass is 587 g/mol. The summed E-state index contributed by atoms with van der Waals surface area (Å²) in [7, 11) is 0. The van der Waals surface area contributed by atoms with Crippen molar-refractivity contribution in [3.8, 4) is 5.75 Å². The van der Waals surface area contributed by atoms with Crippen LogP contribution in [0.1, 0.15) is 42.0 Å². The van der Waals surface area contributed by atoms with E-state index in [1.807, 2.05) is 92.7 Å². The third-order valence-electron chi connectivity index (χ3n) is 6.41. The van der Waals surface area contributed by atoms with E-state index >= 15 is 0 Å². The van der Waals surface area contributed by atoms with Crippen LogP contribution in [-0.4, -0.2) is 24.1 Å². The first-order valence-corrected chi connectivity index (χ1v) is 14.0. The van der Waals surface area contributed by atoms with Crippen LogP contribution in [0.4, 0.5) is 0 Å². The summed E-state index contributed by atoms with van der Waals surface area (Å²) in [6.45, 7) is 4.03. The van der Waals surface area contributed by atoms with E-state index in [0.717, 1.165) is 16.7 Å². The molecule has 210 valence electrons. The highest BCUT2D eigenvalue weighted by molar-refractivity contribution is 6.31. The maximum absolute atomic E-state index is 13.6. The molecule has 6 nitrogen and oxygen atoms in total. The van der Waals surface area contributed by atoms with Gasteiger partial charge in [0.25, 0.3) is 5.91 Å². The number of hydrogen-bond donors (Lipinski definition) is 2. The maximum atomic E-state index is 13.6. The molecule has 4 aromatic rings. The smallest absolute Gasteiger partial charge is 0.262 e. The summed E-state index contributed by atoms with van der Waals surface area (Å²) >= 11 is 12.3. The lowest BCUT2D eigenvalue weighted by atomic mass is 9.89. The van der Waals surface area contributed by atoms with E-state index in [-0.39, 0.29) is 11.8 Å². The van der Waals surface area contributed by atoms with Gasteiger partial charge in [0.1, 0.15) is 18.4 Å². The highest BCUT2D eigenvalue weighted by Crippen LogP contribution is 2.26. The number of carbonyl (C=O) groups excluding carboxylic acids is 2. The average Bonchev–Trinajstić information content (AvgIpc) is 2.96. The summed E-state index contributed by atoms with van der Waals surface area (Å²) in [6.07, 6.45) is 1.47. The lowest BCUT2D eigenvalue weighted by Crippen LogP contribution is -2.50. The molecule has 0 aliphatic rings. The molecule has 0 saturated heterocycles. The van der Waals surface area contributed by atoms with Crippen LogP contribution in [0.25, 0.3) is 0 Å². The molecular formula is C33H31Cl2N3O3. The number of halogens is 2. The fourth-order valence-electron chi connectivity index (χ4n) is 4.33. The molecule has 41 heavy (non-hydrogen) atoms. The number of carbonyl (C=O) groups is 2. The molecule has 0 radical (unpaired) electrons. The summed E-state index contributed by atoms with van der Waals surface area (Å²) in [6, 6.07) is 30.7. The second kappa shape index (κ2) is 14.5. The van der Waals surface area contributed by atoms with Gasteiger partial charge in [0.2, 0.25) is 5.91 Å². The zero-order chi connectivity index (χ0) is 29.2. The van der Waals surface area contributed by atoms with E-state index in [2.05, 4.69) is 15.8 Å². The van der Waals surface area contributed by atoms with Crippen molar-refractivity contribution < 1.29 is 14.3 Å². The van der Waals surface area contributed by atoms with E-state index in [9.17, 15) is 9.59 Å². The molecule has 0 saturated carbocycles. The Labute approximate surface area is 250 Å². The SMILES string of the molecule is CC(C)[C@@H](NC(=O)C(c1ccccc1)c1ccccc1)C(=O)N/N=C\c1cc(Cl)ccc1OCc1cccc(Cl)c1. The zero-order valence-electron chi connectivity index (χ0n) is 22.8. The van der Waals surface area contributed by atoms with Crippen LogP contribution >= 0.6 is 23.2 Å². The van der Waals surface area contributed by atoms with Gasteiger partial charge in [0.05, 0.1) is 12.1 Å². The van der Waals surface area contributed by atoms with Crippen LogP contribution < -0.4 is 15.5 Å². The van der Waals surface area contributed by atoms with Gasteiger partial charge in [-0.2, -0.15) is 5.10 Å². The predicted octanol–water partition coefficient (Wildman–Crippen LogP) is 7.00. The molecule has 4 aromatic carbocycles. The Bertz CT molecular complexity index is 1450. The van der Waals surface area contributed by atoms with E-state index in [1.54, 1.807) is 24.3 Å². The Morgan fingerprint density at radius 2 is 1.44 bits per heavy atom. The summed E-state index contributed by atoms with van der Waals surface area (Å²) in [5.41, 5.74) is 5.72. The fraction of sp³-hybridized carbons (Fsp3) is 0.182. The first kappa shape index (κ1) is 29.8. The number of benzene rings is 4. The van der Waals surface area contributed by atoms with Crippen molar-refractivity contribution >= 4 is 41.2 Å². The van der Waals surface area contributed by atoms with Crippen LogP contribution in [0, 0.1) is 5.92 Å². The Morgan fingerprint density at radius 3 is 2.05 bits per heavy atom. The van der Waals surface area contributed by atoms with Crippen molar-refractivity contribution in [3.63, 3.8) is 0 Å². The Kier molecular flexibility index (Phi) is 10.5. The summed E-state index contributed by atoms with van der Waals surface area (Å²) in [4.78, 5) is 26.8. The fourth-order valence-corrected chi connectivity index (χ4v) is 4.73. The van der Waals surface area contributed by atoms with Gasteiger partial charge in [0.15, 0.2) is 0 Å². The van der Waals surface area contributed by atoms with E-state index in [4.69, 9.17) is 27.9 Å². The van der Waals surface area contributed by atoms with Crippen molar-refractivity contribution in [2.75, 3.05) is 0 Å². The van der Waals surface area contributed by atoms with Crippen molar-refractivity contribution in [2.45, 2.75) is 32.4 Å². The van der Waals surface area contributed by atoms with Crippen LogP contribution in [0.2, 0.25) is 10.0 Å². The number of nitrogens with one attached hydrogen (secondary N) is 2. The van der Waals surface area contributed by atoms with Gasteiger partial charge in [-0.15, -0.1) is 0 Å². The molecule has 0 fully saturated rings. The Hall–Kier alpha value is -4.13. The highest BCUT2D eigenvalue weighted by atomic mass is 35.5. The molecule has 0 aliphatic carbocycles. The minimum atomic E-state index is -0.813. The number of nitrogens with zero attached hydrogens (tertiary/aromatic N) is 1. The van der Waals surface area contributed by atoms with Crippen LogP contribution in [-0.2, 0) is 16.2 Å². The van der Waals surface area contributed by atoms with Gasteiger partial charge >= 0.3 is 0 Å². The number of rotatable bonds is 11. The first-order valence-electron chi connectivity index (χ1n) is 13.2. The topological polar surface area (TPSA) is 79.8 Å². The Balaban J connectivity index is 1.46. The van der Waals surface area contributed by atoms with Gasteiger partial charge < -0.3 is 10.1 Å². The lowest BCUT2D eigenvalue weighted by molar-refractivity contribution is -0.130. The third-order valence-corrected chi connectivity index (χ3v) is 6.88. The number of amides is 2. The minimum Gasteiger partial charge on any atom is -0.488 e. The molecule has 0 bridgehead atoms. The summed E-state index contributed by atoms with van der Waals surface area (Å²) < 4.78 is 5.96. The minimum absolute atomic E-state index is 0.191. The van der Waals surface area contributed by atoms with E-state index in [0.29, 0.717) is 28.0 Å². The molecule has 2 N–H and O–H groups in total. The zero-order valence-corrected chi connectivity index (χ0v) is 24.3. The second-order valence-corrected chi connectivity index (χ2v) is 10.7. The summed E-state index contributed by atoms with van der Waals surface area (Å²) in [5.74, 6) is -0.931.